The maximum absolute atomic E-state index is 13.1. The predicted octanol–water partition coefficient (Wildman–Crippen LogP) is 5.18. The molecule has 0 unspecified atom stereocenters. The fourth-order valence-electron chi connectivity index (χ4n) is 2.71. The van der Waals surface area contributed by atoms with Crippen molar-refractivity contribution in [1.82, 2.24) is 0 Å². The first kappa shape index (κ1) is 20.5. The Balaban J connectivity index is 1.72. The lowest BCUT2D eigenvalue weighted by Crippen LogP contribution is -2.20. The average Bonchev–Trinajstić information content (AvgIpc) is 2.73. The van der Waals surface area contributed by atoms with E-state index in [9.17, 15) is 9.18 Å². The highest BCUT2D eigenvalue weighted by Crippen LogP contribution is 2.33. The van der Waals surface area contributed by atoms with E-state index in [0.717, 1.165) is 22.9 Å². The predicted molar refractivity (Wildman–Crippen MR) is 111 cm³/mol. The van der Waals surface area contributed by atoms with Crippen LogP contribution in [0.3, 0.4) is 0 Å². The summed E-state index contributed by atoms with van der Waals surface area (Å²) < 4.78 is 29.1. The van der Waals surface area contributed by atoms with Crippen LogP contribution in [0.4, 0.5) is 10.1 Å². The van der Waals surface area contributed by atoms with Crippen molar-refractivity contribution in [2.45, 2.75) is 0 Å². The van der Waals surface area contributed by atoms with Crippen molar-refractivity contribution in [3.05, 3.63) is 71.5 Å². The summed E-state index contributed by atoms with van der Waals surface area (Å²) in [5, 5.41) is 2.87. The van der Waals surface area contributed by atoms with Gasteiger partial charge in [0, 0.05) is 11.3 Å². The zero-order valence-corrected chi connectivity index (χ0v) is 16.6. The molecule has 1 amide bonds. The third-order valence-electron chi connectivity index (χ3n) is 4.14. The van der Waals surface area contributed by atoms with Gasteiger partial charge in [0.05, 0.1) is 19.2 Å². The van der Waals surface area contributed by atoms with Gasteiger partial charge in [-0.25, -0.2) is 4.39 Å². The molecule has 1 N–H and O–H groups in total. The maximum atomic E-state index is 13.1. The van der Waals surface area contributed by atoms with E-state index in [1.807, 2.05) is 30.3 Å². The quantitative estimate of drug-likeness (QED) is 0.577. The van der Waals surface area contributed by atoms with Gasteiger partial charge in [-0.15, -0.1) is 0 Å². The first-order valence-electron chi connectivity index (χ1n) is 8.70. The molecule has 7 heteroatoms. The van der Waals surface area contributed by atoms with Gasteiger partial charge >= 0.3 is 0 Å². The fourth-order valence-corrected chi connectivity index (χ4v) is 2.94. The lowest BCUT2D eigenvalue weighted by Gasteiger charge is -2.13. The number of anilines is 1. The van der Waals surface area contributed by atoms with Crippen molar-refractivity contribution in [3.63, 3.8) is 0 Å². The molecule has 150 valence electrons. The summed E-state index contributed by atoms with van der Waals surface area (Å²) in [5.41, 5.74) is 2.30. The normalized spacial score (nSPS) is 10.3. The molecule has 0 atom stereocenters. The SMILES string of the molecule is COc1ccc(-c2cc(NC(=O)COc3ccc(F)cc3Cl)ccc2OC)cc1. The number of ether oxygens (including phenoxy) is 3. The summed E-state index contributed by atoms with van der Waals surface area (Å²) in [6, 6.07) is 16.5. The van der Waals surface area contributed by atoms with Crippen molar-refractivity contribution in [2.75, 3.05) is 26.1 Å². The monoisotopic (exact) mass is 415 g/mol. The van der Waals surface area contributed by atoms with Crippen LogP contribution in [0.25, 0.3) is 11.1 Å². The molecule has 0 aliphatic rings. The zero-order chi connectivity index (χ0) is 20.8. The minimum absolute atomic E-state index is 0.101. The summed E-state index contributed by atoms with van der Waals surface area (Å²) in [5.74, 6) is 0.792. The van der Waals surface area contributed by atoms with Crippen LogP contribution >= 0.6 is 11.6 Å². The van der Waals surface area contributed by atoms with Crippen LogP contribution in [0, 0.1) is 5.82 Å². The van der Waals surface area contributed by atoms with E-state index >= 15 is 0 Å². The van der Waals surface area contributed by atoms with Gasteiger partial charge in [0.2, 0.25) is 0 Å². The molecule has 0 spiro atoms. The molecule has 0 saturated heterocycles. The third kappa shape index (κ3) is 5.18. The fraction of sp³-hybridized carbons (Fsp3) is 0.136. The molecule has 3 rings (SSSR count). The standard InChI is InChI=1S/C22H19ClFNO4/c1-27-17-7-3-14(4-8-17)18-12-16(6-10-20(18)28-2)25-22(26)13-29-21-9-5-15(24)11-19(21)23/h3-12H,13H2,1-2H3,(H,25,26). The topological polar surface area (TPSA) is 56.8 Å². The summed E-state index contributed by atoms with van der Waals surface area (Å²) in [7, 11) is 3.19. The van der Waals surface area contributed by atoms with E-state index in [2.05, 4.69) is 5.32 Å². The second-order valence-electron chi connectivity index (χ2n) is 6.06. The number of carbonyl (C=O) groups is 1. The van der Waals surface area contributed by atoms with Gasteiger partial charge in [-0.1, -0.05) is 23.7 Å². The van der Waals surface area contributed by atoms with Gasteiger partial charge < -0.3 is 19.5 Å². The highest BCUT2D eigenvalue weighted by atomic mass is 35.5. The van der Waals surface area contributed by atoms with Gasteiger partial charge in [0.25, 0.3) is 5.91 Å². The number of hydrogen-bond acceptors (Lipinski definition) is 4. The first-order chi connectivity index (χ1) is 14.0. The van der Waals surface area contributed by atoms with Gasteiger partial charge in [-0.3, -0.25) is 4.79 Å². The minimum atomic E-state index is -0.476. The molecule has 0 aromatic heterocycles. The first-order valence-corrected chi connectivity index (χ1v) is 9.08. The Morgan fingerprint density at radius 1 is 0.966 bits per heavy atom. The Bertz CT molecular complexity index is 1010. The number of amides is 1. The van der Waals surface area contributed by atoms with Crippen LogP contribution in [0.1, 0.15) is 0 Å². The van der Waals surface area contributed by atoms with Crippen molar-refractivity contribution in [2.24, 2.45) is 0 Å². The van der Waals surface area contributed by atoms with Crippen LogP contribution in [0.5, 0.6) is 17.2 Å². The van der Waals surface area contributed by atoms with Crippen molar-refractivity contribution >= 4 is 23.2 Å². The van der Waals surface area contributed by atoms with Gasteiger partial charge in [-0.2, -0.15) is 0 Å². The largest absolute Gasteiger partial charge is 0.497 e. The van der Waals surface area contributed by atoms with E-state index in [4.69, 9.17) is 25.8 Å². The minimum Gasteiger partial charge on any atom is -0.497 e. The number of hydrogen-bond donors (Lipinski definition) is 1. The lowest BCUT2D eigenvalue weighted by atomic mass is 10.0. The Labute approximate surface area is 173 Å². The summed E-state index contributed by atoms with van der Waals surface area (Å²) in [4.78, 5) is 12.2. The molecule has 29 heavy (non-hydrogen) atoms. The van der Waals surface area contributed by atoms with Crippen molar-refractivity contribution < 1.29 is 23.4 Å². The molecule has 0 aliphatic heterocycles. The van der Waals surface area contributed by atoms with Crippen molar-refractivity contribution in [3.8, 4) is 28.4 Å². The Hall–Kier alpha value is -3.25. The number of nitrogens with one attached hydrogen (secondary N) is 1. The number of benzene rings is 3. The summed E-state index contributed by atoms with van der Waals surface area (Å²) in [6.45, 7) is -0.269. The molecule has 3 aromatic rings. The van der Waals surface area contributed by atoms with Gasteiger partial charge in [0.1, 0.15) is 23.1 Å². The van der Waals surface area contributed by atoms with Crippen molar-refractivity contribution in [1.29, 1.82) is 0 Å². The number of carbonyl (C=O) groups excluding carboxylic acids is 1. The average molecular weight is 416 g/mol. The number of methoxy groups -OCH3 is 2. The molecule has 0 aliphatic carbocycles. The highest BCUT2D eigenvalue weighted by Gasteiger charge is 2.11. The van der Waals surface area contributed by atoms with Gasteiger partial charge in [-0.05, 0) is 54.1 Å². The van der Waals surface area contributed by atoms with E-state index in [1.54, 1.807) is 26.4 Å². The van der Waals surface area contributed by atoms with Crippen LogP contribution in [0.15, 0.2) is 60.7 Å². The number of halogens is 2. The van der Waals surface area contributed by atoms with E-state index in [-0.39, 0.29) is 23.3 Å². The molecular weight excluding hydrogens is 397 g/mol. The van der Waals surface area contributed by atoms with E-state index < -0.39 is 5.82 Å². The zero-order valence-electron chi connectivity index (χ0n) is 15.9. The Morgan fingerprint density at radius 3 is 2.34 bits per heavy atom. The second kappa shape index (κ2) is 9.30. The van der Waals surface area contributed by atoms with Crippen LogP contribution in [0.2, 0.25) is 5.02 Å². The van der Waals surface area contributed by atoms with E-state index in [1.165, 1.54) is 12.1 Å². The van der Waals surface area contributed by atoms with Crippen LogP contribution in [-0.4, -0.2) is 26.7 Å². The smallest absolute Gasteiger partial charge is 0.262 e. The molecule has 5 nitrogen and oxygen atoms in total. The van der Waals surface area contributed by atoms with Gasteiger partial charge in [0.15, 0.2) is 6.61 Å². The summed E-state index contributed by atoms with van der Waals surface area (Å²) in [6.07, 6.45) is 0. The lowest BCUT2D eigenvalue weighted by molar-refractivity contribution is -0.118. The molecule has 0 fully saturated rings. The molecule has 0 radical (unpaired) electrons. The molecular formula is C22H19ClFNO4. The van der Waals surface area contributed by atoms with E-state index in [0.29, 0.717) is 11.4 Å². The number of rotatable bonds is 7. The van der Waals surface area contributed by atoms with Crippen LogP contribution < -0.4 is 19.5 Å². The molecule has 0 saturated carbocycles. The third-order valence-corrected chi connectivity index (χ3v) is 4.43. The highest BCUT2D eigenvalue weighted by molar-refractivity contribution is 6.32. The summed E-state index contributed by atoms with van der Waals surface area (Å²) >= 11 is 5.90. The molecule has 0 bridgehead atoms. The molecule has 3 aromatic carbocycles. The Kier molecular flexibility index (Phi) is 6.57. The van der Waals surface area contributed by atoms with Crippen LogP contribution in [-0.2, 0) is 4.79 Å². The second-order valence-corrected chi connectivity index (χ2v) is 6.46. The molecule has 0 heterocycles. The Morgan fingerprint density at radius 2 is 1.69 bits per heavy atom. The maximum Gasteiger partial charge on any atom is 0.262 e.